The van der Waals surface area contributed by atoms with Gasteiger partial charge in [-0.3, -0.25) is 18.9 Å². The van der Waals surface area contributed by atoms with Crippen LogP contribution in [0.5, 0.6) is 11.6 Å². The van der Waals surface area contributed by atoms with Crippen molar-refractivity contribution < 1.29 is 42.7 Å². The summed E-state index contributed by atoms with van der Waals surface area (Å²) in [4.78, 5) is 64.8. The second-order valence-corrected chi connectivity index (χ2v) is 9.84. The highest BCUT2D eigenvalue weighted by molar-refractivity contribution is 7.46. The maximum atomic E-state index is 13.4. The molecule has 202 valence electrons. The summed E-state index contributed by atoms with van der Waals surface area (Å²) in [6.45, 7) is 2.11. The molecule has 38 heavy (non-hydrogen) atoms. The normalized spacial score (nSPS) is 14.0. The molecule has 2 N–H and O–H groups in total. The molecular weight excluding hydrogens is 519 g/mol. The second-order valence-electron chi connectivity index (χ2n) is 8.60. The number of hydrogen-bond acceptors (Lipinski definition) is 8. The number of nitrogens with zero attached hydrogens (tertiary/aromatic N) is 4. The number of phosphoric ester groups is 1. The molecule has 0 spiro atoms. The molecule has 1 fully saturated rings. The Bertz CT molecular complexity index is 1420. The first kappa shape index (κ1) is 27.3. The van der Waals surface area contributed by atoms with Crippen LogP contribution in [0.1, 0.15) is 26.3 Å². The summed E-state index contributed by atoms with van der Waals surface area (Å²) in [5, 5.41) is 0.181. The predicted molar refractivity (Wildman–Crippen MR) is 134 cm³/mol. The van der Waals surface area contributed by atoms with Gasteiger partial charge in [0.05, 0.1) is 31.4 Å². The number of aromatic nitrogens is 2. The van der Waals surface area contributed by atoms with Crippen molar-refractivity contribution in [1.29, 1.82) is 0 Å². The lowest BCUT2D eigenvalue weighted by Gasteiger charge is -2.34. The maximum absolute atomic E-state index is 13.4. The molecule has 2 amide bonds. The van der Waals surface area contributed by atoms with Gasteiger partial charge in [-0.05, 0) is 19.1 Å². The summed E-state index contributed by atoms with van der Waals surface area (Å²) >= 11 is 0. The number of ether oxygens (including phenoxy) is 2. The SMILES string of the molecule is COc1cnc(OC)c2c1c(C(=O)C(=O)N1CCN(C(=O)c3ccc(C)cc3)CC1)cn2COP(=O)(O)O. The highest BCUT2D eigenvalue weighted by Crippen LogP contribution is 2.39. The van der Waals surface area contributed by atoms with Crippen molar-refractivity contribution in [1.82, 2.24) is 19.4 Å². The first-order chi connectivity index (χ1) is 18.0. The van der Waals surface area contributed by atoms with Gasteiger partial charge in [-0.25, -0.2) is 9.55 Å². The van der Waals surface area contributed by atoms with Crippen molar-refractivity contribution in [3.63, 3.8) is 0 Å². The van der Waals surface area contributed by atoms with E-state index < -0.39 is 26.2 Å². The van der Waals surface area contributed by atoms with Gasteiger partial charge in [0.2, 0.25) is 5.88 Å². The van der Waals surface area contributed by atoms with Crippen LogP contribution in [0.4, 0.5) is 0 Å². The van der Waals surface area contributed by atoms with E-state index in [4.69, 9.17) is 19.3 Å². The number of aryl methyl sites for hydroxylation is 1. The number of Topliss-reactive ketones (excluding diaryl/α,β-unsaturated/α-hetero) is 1. The van der Waals surface area contributed by atoms with Crippen molar-refractivity contribution in [3.05, 3.63) is 53.3 Å². The molecule has 0 atom stereocenters. The standard InChI is InChI=1S/C24H27N4O9P/c1-15-4-6-16(7-5-15)23(30)26-8-10-27(11-9-26)24(31)21(29)17-13-28(14-37-38(32,33)34)20-19(17)18(35-2)12-25-22(20)36-3/h4-7,12-13H,8-11,14H2,1-3H3,(H2,32,33,34). The Kier molecular flexibility index (Phi) is 7.83. The Labute approximate surface area is 217 Å². The molecule has 1 aliphatic heterocycles. The Morgan fingerprint density at radius 2 is 1.63 bits per heavy atom. The number of carbonyl (C=O) groups is 3. The van der Waals surface area contributed by atoms with Crippen LogP contribution in [0.15, 0.2) is 36.7 Å². The largest absolute Gasteiger partial charge is 0.494 e. The third-order valence-corrected chi connectivity index (χ3v) is 6.65. The van der Waals surface area contributed by atoms with Gasteiger partial charge in [-0.2, -0.15) is 0 Å². The Morgan fingerprint density at radius 1 is 1.00 bits per heavy atom. The lowest BCUT2D eigenvalue weighted by Crippen LogP contribution is -2.52. The van der Waals surface area contributed by atoms with Crippen molar-refractivity contribution in [3.8, 4) is 11.6 Å². The number of ketones is 1. The van der Waals surface area contributed by atoms with E-state index in [0.29, 0.717) is 5.56 Å². The number of rotatable bonds is 8. The van der Waals surface area contributed by atoms with E-state index >= 15 is 0 Å². The maximum Gasteiger partial charge on any atom is 0.471 e. The average molecular weight is 546 g/mol. The fourth-order valence-corrected chi connectivity index (χ4v) is 4.52. The Hall–Kier alpha value is -3.77. The summed E-state index contributed by atoms with van der Waals surface area (Å²) in [6, 6.07) is 7.21. The summed E-state index contributed by atoms with van der Waals surface area (Å²) < 4.78 is 27.7. The van der Waals surface area contributed by atoms with E-state index in [2.05, 4.69) is 9.51 Å². The number of carbonyl (C=O) groups excluding carboxylic acids is 3. The van der Waals surface area contributed by atoms with E-state index in [1.54, 1.807) is 17.0 Å². The van der Waals surface area contributed by atoms with Crippen LogP contribution < -0.4 is 9.47 Å². The lowest BCUT2D eigenvalue weighted by molar-refractivity contribution is -0.127. The topological polar surface area (TPSA) is 161 Å². The zero-order chi connectivity index (χ0) is 27.6. The Balaban J connectivity index is 1.58. The van der Waals surface area contributed by atoms with Crippen LogP contribution >= 0.6 is 7.82 Å². The number of benzene rings is 1. The molecule has 3 heterocycles. The van der Waals surface area contributed by atoms with Crippen molar-refractivity contribution in [2.45, 2.75) is 13.7 Å². The van der Waals surface area contributed by atoms with Gasteiger partial charge < -0.3 is 33.6 Å². The van der Waals surface area contributed by atoms with E-state index in [0.717, 1.165) is 5.56 Å². The molecular formula is C24H27N4O9P. The van der Waals surface area contributed by atoms with Gasteiger partial charge in [0.15, 0.2) is 0 Å². The highest BCUT2D eigenvalue weighted by atomic mass is 31.2. The quantitative estimate of drug-likeness (QED) is 0.241. The van der Waals surface area contributed by atoms with E-state index in [9.17, 15) is 18.9 Å². The number of piperazine rings is 1. The zero-order valence-corrected chi connectivity index (χ0v) is 21.9. The molecule has 4 rings (SSSR count). The minimum atomic E-state index is -4.85. The van der Waals surface area contributed by atoms with Gasteiger partial charge in [0.25, 0.3) is 17.6 Å². The molecule has 1 saturated heterocycles. The third-order valence-electron chi connectivity index (χ3n) is 6.20. The number of hydrogen-bond donors (Lipinski definition) is 2. The first-order valence-electron chi connectivity index (χ1n) is 11.5. The fraction of sp³-hybridized carbons (Fsp3) is 0.333. The monoisotopic (exact) mass is 546 g/mol. The summed E-state index contributed by atoms with van der Waals surface area (Å²) in [6.07, 6.45) is 2.55. The number of fused-ring (bicyclic) bond motifs is 1. The van der Waals surface area contributed by atoms with Gasteiger partial charge in [-0.1, -0.05) is 17.7 Å². The highest BCUT2D eigenvalue weighted by Gasteiger charge is 2.32. The summed E-state index contributed by atoms with van der Waals surface area (Å²) in [7, 11) is -2.16. The van der Waals surface area contributed by atoms with E-state index in [1.165, 1.54) is 36.1 Å². The molecule has 1 aliphatic rings. The molecule has 1 aromatic carbocycles. The minimum Gasteiger partial charge on any atom is -0.494 e. The number of phosphoric acid groups is 1. The molecule has 0 unspecified atom stereocenters. The van der Waals surface area contributed by atoms with Crippen molar-refractivity contribution >= 4 is 36.3 Å². The molecule has 3 aromatic rings. The van der Waals surface area contributed by atoms with Crippen LogP contribution in [0.3, 0.4) is 0 Å². The molecule has 0 bridgehead atoms. The molecule has 2 aromatic heterocycles. The van der Waals surface area contributed by atoms with E-state index in [1.807, 2.05) is 19.1 Å². The molecule has 13 nitrogen and oxygen atoms in total. The van der Waals surface area contributed by atoms with Gasteiger partial charge in [0, 0.05) is 37.9 Å². The molecule has 0 saturated carbocycles. The number of methoxy groups -OCH3 is 2. The second kappa shape index (κ2) is 10.9. The van der Waals surface area contributed by atoms with Crippen molar-refractivity contribution in [2.75, 3.05) is 40.4 Å². The van der Waals surface area contributed by atoms with Crippen molar-refractivity contribution in [2.24, 2.45) is 0 Å². The lowest BCUT2D eigenvalue weighted by atomic mass is 10.1. The van der Waals surface area contributed by atoms with Gasteiger partial charge in [-0.15, -0.1) is 0 Å². The fourth-order valence-electron chi connectivity index (χ4n) is 4.24. The number of amides is 2. The molecule has 14 heteroatoms. The van der Waals surface area contributed by atoms with E-state index in [-0.39, 0.29) is 60.2 Å². The third kappa shape index (κ3) is 5.55. The molecule has 0 aliphatic carbocycles. The van der Waals surface area contributed by atoms with Gasteiger partial charge >= 0.3 is 7.82 Å². The average Bonchev–Trinajstić information content (AvgIpc) is 3.30. The summed E-state index contributed by atoms with van der Waals surface area (Å²) in [5.74, 6) is -1.62. The first-order valence-corrected chi connectivity index (χ1v) is 13.1. The van der Waals surface area contributed by atoms with Crippen LogP contribution in [-0.4, -0.2) is 87.1 Å². The molecule has 0 radical (unpaired) electrons. The predicted octanol–water partition coefficient (Wildman–Crippen LogP) is 1.60. The minimum absolute atomic E-state index is 0.0323. The van der Waals surface area contributed by atoms with Crippen LogP contribution in [-0.2, 0) is 20.6 Å². The van der Waals surface area contributed by atoms with Crippen LogP contribution in [0, 0.1) is 6.92 Å². The summed E-state index contributed by atoms with van der Waals surface area (Å²) in [5.41, 5.74) is 1.67. The Morgan fingerprint density at radius 3 is 2.21 bits per heavy atom. The van der Waals surface area contributed by atoms with Crippen LogP contribution in [0.25, 0.3) is 10.9 Å². The van der Waals surface area contributed by atoms with Gasteiger partial charge in [0.1, 0.15) is 18.0 Å². The number of pyridine rings is 1. The zero-order valence-electron chi connectivity index (χ0n) is 21.0. The van der Waals surface area contributed by atoms with Crippen LogP contribution in [0.2, 0.25) is 0 Å². The smallest absolute Gasteiger partial charge is 0.471 e.